The zero-order valence-electron chi connectivity index (χ0n) is 12.4. The topological polar surface area (TPSA) is 66.9 Å². The van der Waals surface area contributed by atoms with Crippen molar-refractivity contribution in [2.24, 2.45) is 5.41 Å². The van der Waals surface area contributed by atoms with Gasteiger partial charge in [-0.3, -0.25) is 4.79 Å². The number of carbonyl (C=O) groups excluding carboxylic acids is 1. The minimum absolute atomic E-state index is 0.222. The summed E-state index contributed by atoms with van der Waals surface area (Å²) in [7, 11) is 1.57. The van der Waals surface area contributed by atoms with E-state index in [0.717, 1.165) is 12.8 Å². The summed E-state index contributed by atoms with van der Waals surface area (Å²) in [5, 5.41) is 13.7. The summed E-state index contributed by atoms with van der Waals surface area (Å²) in [5.74, 6) is 0.480. The molecule has 5 nitrogen and oxygen atoms in total. The molecule has 0 saturated heterocycles. The highest BCUT2D eigenvalue weighted by Crippen LogP contribution is 2.22. The second kappa shape index (κ2) is 6.50. The second-order valence-electron chi connectivity index (χ2n) is 6.03. The van der Waals surface area contributed by atoms with E-state index in [9.17, 15) is 4.79 Å². The normalized spacial score (nSPS) is 12.9. The zero-order valence-corrected chi connectivity index (χ0v) is 12.4. The van der Waals surface area contributed by atoms with Crippen LogP contribution in [0.15, 0.2) is 12.1 Å². The van der Waals surface area contributed by atoms with Crippen molar-refractivity contribution in [3.05, 3.63) is 17.8 Å². The van der Waals surface area contributed by atoms with Crippen molar-refractivity contribution >= 4 is 11.7 Å². The van der Waals surface area contributed by atoms with Gasteiger partial charge < -0.3 is 10.6 Å². The van der Waals surface area contributed by atoms with Crippen molar-refractivity contribution in [3.63, 3.8) is 0 Å². The first-order valence-corrected chi connectivity index (χ1v) is 6.64. The average molecular weight is 264 g/mol. The Morgan fingerprint density at radius 1 is 1.32 bits per heavy atom. The van der Waals surface area contributed by atoms with Crippen LogP contribution >= 0.6 is 0 Å². The molecule has 0 fully saturated rings. The molecule has 0 radical (unpaired) electrons. The van der Waals surface area contributed by atoms with E-state index < -0.39 is 0 Å². The van der Waals surface area contributed by atoms with Gasteiger partial charge in [0, 0.05) is 13.1 Å². The lowest BCUT2D eigenvalue weighted by Crippen LogP contribution is -2.21. The fraction of sp³-hybridized carbons (Fsp3) is 0.643. The molecule has 19 heavy (non-hydrogen) atoms. The van der Waals surface area contributed by atoms with Crippen LogP contribution in [-0.2, 0) is 0 Å². The van der Waals surface area contributed by atoms with Crippen molar-refractivity contribution in [1.82, 2.24) is 15.5 Å². The number of nitrogens with one attached hydrogen (secondary N) is 2. The van der Waals surface area contributed by atoms with Crippen molar-refractivity contribution in [1.29, 1.82) is 0 Å². The lowest BCUT2D eigenvalue weighted by molar-refractivity contribution is 0.0957. The molecule has 1 amide bonds. The van der Waals surface area contributed by atoms with Crippen molar-refractivity contribution in [2.45, 2.75) is 46.6 Å². The zero-order chi connectivity index (χ0) is 14.5. The summed E-state index contributed by atoms with van der Waals surface area (Å²) >= 11 is 0. The number of amides is 1. The van der Waals surface area contributed by atoms with Crippen LogP contribution in [0.4, 0.5) is 5.82 Å². The number of hydrogen-bond donors (Lipinski definition) is 2. The number of rotatable bonds is 5. The third kappa shape index (κ3) is 5.68. The molecule has 106 valence electrons. The number of anilines is 1. The lowest BCUT2D eigenvalue weighted by Gasteiger charge is -2.21. The maximum Gasteiger partial charge on any atom is 0.271 e. The van der Waals surface area contributed by atoms with Gasteiger partial charge in [0.2, 0.25) is 0 Å². The molecule has 1 heterocycles. The Kier molecular flexibility index (Phi) is 5.27. The van der Waals surface area contributed by atoms with Crippen LogP contribution in [0.25, 0.3) is 0 Å². The molecule has 1 rings (SSSR count). The summed E-state index contributed by atoms with van der Waals surface area (Å²) in [6.45, 7) is 8.83. The maximum absolute atomic E-state index is 11.3. The van der Waals surface area contributed by atoms with Gasteiger partial charge in [-0.15, -0.1) is 10.2 Å². The summed E-state index contributed by atoms with van der Waals surface area (Å²) in [5.41, 5.74) is 0.667. The van der Waals surface area contributed by atoms with Gasteiger partial charge in [0.05, 0.1) is 0 Å². The molecule has 1 aromatic heterocycles. The van der Waals surface area contributed by atoms with E-state index in [4.69, 9.17) is 0 Å². The molecule has 1 aromatic rings. The SMILES string of the molecule is CNC(=O)c1ccc(NC(C)CCC(C)(C)C)nn1. The van der Waals surface area contributed by atoms with Crippen LogP contribution in [0.1, 0.15) is 51.0 Å². The Labute approximate surface area is 115 Å². The van der Waals surface area contributed by atoms with Crippen LogP contribution in [-0.4, -0.2) is 29.2 Å². The quantitative estimate of drug-likeness (QED) is 0.857. The predicted octanol–water partition coefficient (Wildman–Crippen LogP) is 2.46. The van der Waals surface area contributed by atoms with E-state index >= 15 is 0 Å². The smallest absolute Gasteiger partial charge is 0.271 e. The first-order valence-electron chi connectivity index (χ1n) is 6.64. The highest BCUT2D eigenvalue weighted by molar-refractivity contribution is 5.91. The Bertz CT molecular complexity index is 408. The minimum atomic E-state index is -0.222. The largest absolute Gasteiger partial charge is 0.366 e. The molecule has 0 spiro atoms. The van der Waals surface area contributed by atoms with E-state index in [1.165, 1.54) is 0 Å². The highest BCUT2D eigenvalue weighted by atomic mass is 16.1. The molecular formula is C14H24N4O. The van der Waals surface area contributed by atoms with Gasteiger partial charge in [-0.2, -0.15) is 0 Å². The summed E-state index contributed by atoms with van der Waals surface area (Å²) in [4.78, 5) is 11.3. The van der Waals surface area contributed by atoms with Gasteiger partial charge in [0.25, 0.3) is 5.91 Å². The van der Waals surface area contributed by atoms with Gasteiger partial charge in [0.15, 0.2) is 5.69 Å². The second-order valence-corrected chi connectivity index (χ2v) is 6.03. The Morgan fingerprint density at radius 3 is 2.47 bits per heavy atom. The fourth-order valence-corrected chi connectivity index (χ4v) is 1.63. The Morgan fingerprint density at radius 2 is 2.00 bits per heavy atom. The van der Waals surface area contributed by atoms with Crippen LogP contribution < -0.4 is 10.6 Å². The van der Waals surface area contributed by atoms with Gasteiger partial charge in [-0.05, 0) is 37.3 Å². The summed E-state index contributed by atoms with van der Waals surface area (Å²) in [6, 6.07) is 3.79. The number of aromatic nitrogens is 2. The van der Waals surface area contributed by atoms with Gasteiger partial charge >= 0.3 is 0 Å². The first-order chi connectivity index (χ1) is 8.81. The standard InChI is InChI=1S/C14H24N4O/c1-10(8-9-14(2,3)4)16-12-7-6-11(17-18-12)13(19)15-5/h6-7,10H,8-9H2,1-5H3,(H,15,19)(H,16,18). The van der Waals surface area contributed by atoms with E-state index in [0.29, 0.717) is 23.0 Å². The third-order valence-electron chi connectivity index (χ3n) is 2.85. The minimum Gasteiger partial charge on any atom is -0.366 e. The summed E-state index contributed by atoms with van der Waals surface area (Å²) < 4.78 is 0. The average Bonchev–Trinajstić information content (AvgIpc) is 2.35. The molecule has 0 aromatic carbocycles. The maximum atomic E-state index is 11.3. The molecule has 5 heteroatoms. The van der Waals surface area contributed by atoms with Crippen LogP contribution in [0.3, 0.4) is 0 Å². The molecule has 0 saturated carbocycles. The van der Waals surface area contributed by atoms with E-state index in [2.05, 4.69) is 48.5 Å². The monoisotopic (exact) mass is 264 g/mol. The number of nitrogens with zero attached hydrogens (tertiary/aromatic N) is 2. The first kappa shape index (κ1) is 15.4. The van der Waals surface area contributed by atoms with Gasteiger partial charge in [-0.25, -0.2) is 0 Å². The fourth-order valence-electron chi connectivity index (χ4n) is 1.63. The van der Waals surface area contributed by atoms with E-state index in [-0.39, 0.29) is 5.91 Å². The number of hydrogen-bond acceptors (Lipinski definition) is 4. The number of carbonyl (C=O) groups is 1. The Hall–Kier alpha value is -1.65. The molecule has 1 unspecified atom stereocenters. The van der Waals surface area contributed by atoms with E-state index in [1.54, 1.807) is 19.2 Å². The summed E-state index contributed by atoms with van der Waals surface area (Å²) in [6.07, 6.45) is 2.22. The Balaban J connectivity index is 2.51. The molecule has 2 N–H and O–H groups in total. The van der Waals surface area contributed by atoms with Crippen molar-refractivity contribution < 1.29 is 4.79 Å². The molecule has 0 aliphatic heterocycles. The lowest BCUT2D eigenvalue weighted by atomic mass is 9.89. The third-order valence-corrected chi connectivity index (χ3v) is 2.85. The van der Waals surface area contributed by atoms with E-state index in [1.807, 2.05) is 0 Å². The van der Waals surface area contributed by atoms with Crippen LogP contribution in [0.5, 0.6) is 0 Å². The molecule has 0 aliphatic carbocycles. The van der Waals surface area contributed by atoms with Crippen LogP contribution in [0, 0.1) is 5.41 Å². The predicted molar refractivity (Wildman–Crippen MR) is 77.2 cm³/mol. The van der Waals surface area contributed by atoms with Crippen molar-refractivity contribution in [2.75, 3.05) is 12.4 Å². The molecule has 0 bridgehead atoms. The van der Waals surface area contributed by atoms with Gasteiger partial charge in [0.1, 0.15) is 5.82 Å². The molecular weight excluding hydrogens is 240 g/mol. The van der Waals surface area contributed by atoms with Crippen molar-refractivity contribution in [3.8, 4) is 0 Å². The van der Waals surface area contributed by atoms with Gasteiger partial charge in [-0.1, -0.05) is 20.8 Å². The van der Waals surface area contributed by atoms with Crippen LogP contribution in [0.2, 0.25) is 0 Å². The molecule has 0 aliphatic rings. The highest BCUT2D eigenvalue weighted by Gasteiger charge is 2.13. The molecule has 1 atom stereocenters.